The number of hydrogen-bond acceptors (Lipinski definition) is 8. The fourth-order valence-corrected chi connectivity index (χ4v) is 2.90. The van der Waals surface area contributed by atoms with Crippen LogP contribution in [0, 0.1) is 0 Å². The van der Waals surface area contributed by atoms with E-state index < -0.39 is 11.8 Å². The molecule has 11 heteroatoms. The predicted octanol–water partition coefficient (Wildman–Crippen LogP) is 2.47. The number of nitrogens with one attached hydrogen (secondary N) is 3. The largest absolute Gasteiger partial charge is 0.494 e. The molecule has 0 aliphatic rings. The van der Waals surface area contributed by atoms with Crippen LogP contribution in [0.4, 0.5) is 5.69 Å². The molecule has 0 atom stereocenters. The monoisotopic (exact) mass is 494 g/mol. The molecule has 0 spiro atoms. The van der Waals surface area contributed by atoms with Crippen molar-refractivity contribution in [3.05, 3.63) is 72.2 Å². The molecular formula is C25H26N4O7. The van der Waals surface area contributed by atoms with E-state index in [9.17, 15) is 14.4 Å². The molecule has 2 aromatic carbocycles. The second-order valence-electron chi connectivity index (χ2n) is 7.17. The first-order valence-corrected chi connectivity index (χ1v) is 11.0. The molecule has 0 bridgehead atoms. The van der Waals surface area contributed by atoms with Crippen LogP contribution in [0.25, 0.3) is 0 Å². The van der Waals surface area contributed by atoms with Gasteiger partial charge in [-0.25, -0.2) is 5.43 Å². The summed E-state index contributed by atoms with van der Waals surface area (Å²) in [4.78, 5) is 35.9. The highest BCUT2D eigenvalue weighted by Gasteiger charge is 2.13. The lowest BCUT2D eigenvalue weighted by Gasteiger charge is -2.12. The van der Waals surface area contributed by atoms with Crippen LogP contribution in [-0.2, 0) is 20.9 Å². The number of nitrogens with zero attached hydrogens (tertiary/aromatic N) is 1. The van der Waals surface area contributed by atoms with Gasteiger partial charge in [0.2, 0.25) is 0 Å². The maximum Gasteiger partial charge on any atom is 0.329 e. The second-order valence-corrected chi connectivity index (χ2v) is 7.17. The van der Waals surface area contributed by atoms with Gasteiger partial charge >= 0.3 is 11.8 Å². The Labute approximate surface area is 207 Å². The average Bonchev–Trinajstić information content (AvgIpc) is 3.41. The standard InChI is InChI=1S/C25H26N4O7/c1-3-34-19-9-7-18(8-10-19)28-23(30)16-36-21-11-6-17(13-22(21)33-2)14-27-29-25(32)24(31)26-15-20-5-4-12-35-20/h4-14H,3,15-16H2,1-2H3,(H,26,31)(H,28,30)(H,29,32)/b27-14-. The minimum Gasteiger partial charge on any atom is -0.494 e. The molecule has 11 nitrogen and oxygen atoms in total. The molecule has 1 heterocycles. The topological polar surface area (TPSA) is 140 Å². The lowest BCUT2D eigenvalue weighted by atomic mass is 10.2. The molecule has 0 aliphatic heterocycles. The maximum absolute atomic E-state index is 12.2. The predicted molar refractivity (Wildman–Crippen MR) is 131 cm³/mol. The Hall–Kier alpha value is -4.80. The Kier molecular flexibility index (Phi) is 9.45. The number of benzene rings is 2. The van der Waals surface area contributed by atoms with Gasteiger partial charge in [0.15, 0.2) is 18.1 Å². The van der Waals surface area contributed by atoms with Crippen molar-refractivity contribution in [3.8, 4) is 17.2 Å². The molecule has 0 fully saturated rings. The highest BCUT2D eigenvalue weighted by Crippen LogP contribution is 2.27. The van der Waals surface area contributed by atoms with E-state index in [0.29, 0.717) is 40.9 Å². The van der Waals surface area contributed by atoms with Gasteiger partial charge in [0.05, 0.1) is 32.7 Å². The van der Waals surface area contributed by atoms with Gasteiger partial charge < -0.3 is 29.3 Å². The summed E-state index contributed by atoms with van der Waals surface area (Å²) in [5.41, 5.74) is 3.32. The minimum absolute atomic E-state index is 0.0832. The molecule has 0 aliphatic carbocycles. The van der Waals surface area contributed by atoms with E-state index in [1.165, 1.54) is 19.6 Å². The molecule has 0 saturated heterocycles. The zero-order valence-corrected chi connectivity index (χ0v) is 19.8. The summed E-state index contributed by atoms with van der Waals surface area (Å²) in [6.45, 7) is 2.30. The summed E-state index contributed by atoms with van der Waals surface area (Å²) in [6.07, 6.45) is 2.80. The Balaban J connectivity index is 1.47. The Morgan fingerprint density at radius 1 is 1.00 bits per heavy atom. The number of carbonyl (C=O) groups is 3. The molecule has 3 aromatic rings. The van der Waals surface area contributed by atoms with Gasteiger partial charge in [-0.1, -0.05) is 0 Å². The van der Waals surface area contributed by atoms with Crippen LogP contribution in [0.15, 0.2) is 70.4 Å². The first-order valence-electron chi connectivity index (χ1n) is 11.0. The lowest BCUT2D eigenvalue weighted by molar-refractivity contribution is -0.139. The Morgan fingerprint density at radius 3 is 2.50 bits per heavy atom. The van der Waals surface area contributed by atoms with Crippen molar-refractivity contribution in [2.24, 2.45) is 5.10 Å². The molecular weight excluding hydrogens is 468 g/mol. The van der Waals surface area contributed by atoms with Crippen molar-refractivity contribution in [1.82, 2.24) is 10.7 Å². The lowest BCUT2D eigenvalue weighted by Crippen LogP contribution is -2.37. The van der Waals surface area contributed by atoms with E-state index in [1.54, 1.807) is 54.6 Å². The van der Waals surface area contributed by atoms with Crippen molar-refractivity contribution in [2.45, 2.75) is 13.5 Å². The van der Waals surface area contributed by atoms with Gasteiger partial charge in [0, 0.05) is 5.69 Å². The summed E-state index contributed by atoms with van der Waals surface area (Å²) in [5, 5.41) is 8.92. The number of hydrazone groups is 1. The van der Waals surface area contributed by atoms with E-state index in [1.807, 2.05) is 6.92 Å². The zero-order chi connectivity index (χ0) is 25.8. The van der Waals surface area contributed by atoms with Crippen molar-refractivity contribution in [3.63, 3.8) is 0 Å². The number of carbonyl (C=O) groups excluding carboxylic acids is 3. The fraction of sp³-hybridized carbons (Fsp3) is 0.200. The molecule has 3 N–H and O–H groups in total. The molecule has 0 radical (unpaired) electrons. The van der Waals surface area contributed by atoms with Crippen molar-refractivity contribution in [2.75, 3.05) is 25.6 Å². The number of amides is 3. The Bertz CT molecular complexity index is 1190. The zero-order valence-electron chi connectivity index (χ0n) is 19.8. The van der Waals surface area contributed by atoms with E-state index >= 15 is 0 Å². The molecule has 0 unspecified atom stereocenters. The Morgan fingerprint density at radius 2 is 1.81 bits per heavy atom. The van der Waals surface area contributed by atoms with Gasteiger partial charge in [0.1, 0.15) is 11.5 Å². The highest BCUT2D eigenvalue weighted by molar-refractivity contribution is 6.35. The number of anilines is 1. The van der Waals surface area contributed by atoms with Crippen LogP contribution < -0.4 is 30.3 Å². The quantitative estimate of drug-likeness (QED) is 0.211. The van der Waals surface area contributed by atoms with E-state index in [-0.39, 0.29) is 19.1 Å². The first-order chi connectivity index (χ1) is 17.5. The number of furan rings is 1. The SMILES string of the molecule is CCOc1ccc(NC(=O)COc2ccc(/C=N\NC(=O)C(=O)NCc3ccco3)cc2OC)cc1. The third-order valence-corrected chi connectivity index (χ3v) is 4.58. The molecule has 1 aromatic heterocycles. The van der Waals surface area contributed by atoms with Crippen LogP contribution in [-0.4, -0.2) is 44.3 Å². The molecule has 188 valence electrons. The summed E-state index contributed by atoms with van der Waals surface area (Å²) in [7, 11) is 1.45. The third-order valence-electron chi connectivity index (χ3n) is 4.58. The molecule has 36 heavy (non-hydrogen) atoms. The van der Waals surface area contributed by atoms with Crippen molar-refractivity contribution in [1.29, 1.82) is 0 Å². The summed E-state index contributed by atoms with van der Waals surface area (Å²) < 4.78 is 21.3. The summed E-state index contributed by atoms with van der Waals surface area (Å²) in [5.74, 6) is -0.194. The number of rotatable bonds is 11. The van der Waals surface area contributed by atoms with Gasteiger partial charge in [-0.05, 0) is 67.1 Å². The number of methoxy groups -OCH3 is 1. The van der Waals surface area contributed by atoms with Crippen LogP contribution >= 0.6 is 0 Å². The van der Waals surface area contributed by atoms with Gasteiger partial charge in [-0.15, -0.1) is 0 Å². The van der Waals surface area contributed by atoms with Gasteiger partial charge in [-0.3, -0.25) is 14.4 Å². The maximum atomic E-state index is 12.2. The summed E-state index contributed by atoms with van der Waals surface area (Å²) in [6, 6.07) is 15.2. The molecule has 3 rings (SSSR count). The normalized spacial score (nSPS) is 10.5. The van der Waals surface area contributed by atoms with E-state index in [2.05, 4.69) is 21.2 Å². The summed E-state index contributed by atoms with van der Waals surface area (Å²) >= 11 is 0. The van der Waals surface area contributed by atoms with Crippen LogP contribution in [0.1, 0.15) is 18.2 Å². The van der Waals surface area contributed by atoms with Gasteiger partial charge in [-0.2, -0.15) is 5.10 Å². The fourth-order valence-electron chi connectivity index (χ4n) is 2.90. The van der Waals surface area contributed by atoms with Gasteiger partial charge in [0.25, 0.3) is 5.91 Å². The van der Waals surface area contributed by atoms with E-state index in [4.69, 9.17) is 18.6 Å². The minimum atomic E-state index is -0.928. The van der Waals surface area contributed by atoms with Crippen LogP contribution in [0.2, 0.25) is 0 Å². The van der Waals surface area contributed by atoms with Crippen molar-refractivity contribution >= 4 is 29.6 Å². The van der Waals surface area contributed by atoms with Crippen LogP contribution in [0.5, 0.6) is 17.2 Å². The smallest absolute Gasteiger partial charge is 0.329 e. The first kappa shape index (κ1) is 25.8. The average molecular weight is 495 g/mol. The van der Waals surface area contributed by atoms with Crippen LogP contribution in [0.3, 0.4) is 0 Å². The second kappa shape index (κ2) is 13.2. The van der Waals surface area contributed by atoms with Crippen molar-refractivity contribution < 1.29 is 33.0 Å². The number of ether oxygens (including phenoxy) is 3. The molecule has 3 amide bonds. The van der Waals surface area contributed by atoms with E-state index in [0.717, 1.165) is 0 Å². The highest BCUT2D eigenvalue weighted by atomic mass is 16.5. The third kappa shape index (κ3) is 7.90. The number of hydrogen-bond donors (Lipinski definition) is 3. The molecule has 0 saturated carbocycles.